The van der Waals surface area contributed by atoms with Gasteiger partial charge in [0.2, 0.25) is 0 Å². The van der Waals surface area contributed by atoms with Gasteiger partial charge >= 0.3 is 0 Å². The van der Waals surface area contributed by atoms with Crippen molar-refractivity contribution in [2.24, 2.45) is 5.92 Å². The van der Waals surface area contributed by atoms with Gasteiger partial charge in [0.05, 0.1) is 5.70 Å². The van der Waals surface area contributed by atoms with Crippen LogP contribution in [0, 0.1) is 12.8 Å². The third kappa shape index (κ3) is 2.84. The van der Waals surface area contributed by atoms with Gasteiger partial charge in [-0.25, -0.2) is 9.97 Å². The molecular formula is C14H21N3. The summed E-state index contributed by atoms with van der Waals surface area (Å²) in [4.78, 5) is 8.95. The predicted molar refractivity (Wildman–Crippen MR) is 70.5 cm³/mol. The molecule has 0 atom stereocenters. The summed E-state index contributed by atoms with van der Waals surface area (Å²) in [7, 11) is 0. The van der Waals surface area contributed by atoms with Crippen LogP contribution in [0.25, 0.3) is 5.70 Å². The van der Waals surface area contributed by atoms with Crippen molar-refractivity contribution in [2.75, 3.05) is 0 Å². The Morgan fingerprint density at radius 2 is 2.18 bits per heavy atom. The third-order valence-electron chi connectivity index (χ3n) is 3.29. The minimum atomic E-state index is 0.562. The zero-order valence-corrected chi connectivity index (χ0v) is 11.0. The van der Waals surface area contributed by atoms with E-state index in [-0.39, 0.29) is 0 Å². The second kappa shape index (κ2) is 4.86. The molecule has 1 aromatic heterocycles. The Morgan fingerprint density at radius 3 is 2.76 bits per heavy atom. The maximum Gasteiger partial charge on any atom is 0.175 e. The molecule has 1 fully saturated rings. The normalized spacial score (nSPS) is 23.0. The molecule has 1 aromatic rings. The second-order valence-corrected chi connectivity index (χ2v) is 5.07. The van der Waals surface area contributed by atoms with Gasteiger partial charge in [0.25, 0.3) is 0 Å². The van der Waals surface area contributed by atoms with E-state index in [9.17, 15) is 0 Å². The molecule has 3 nitrogen and oxygen atoms in total. The van der Waals surface area contributed by atoms with Crippen LogP contribution >= 0.6 is 0 Å². The molecule has 0 unspecified atom stereocenters. The van der Waals surface area contributed by atoms with E-state index in [1.807, 2.05) is 13.0 Å². The molecule has 2 rings (SSSR count). The Morgan fingerprint density at radius 1 is 1.47 bits per heavy atom. The van der Waals surface area contributed by atoms with Crippen LogP contribution in [0.5, 0.6) is 0 Å². The number of aryl methyl sites for hydroxylation is 2. The van der Waals surface area contributed by atoms with Gasteiger partial charge in [-0.3, -0.25) is 0 Å². The van der Waals surface area contributed by atoms with E-state index in [2.05, 4.69) is 35.7 Å². The highest BCUT2D eigenvalue weighted by atomic mass is 15.0. The van der Waals surface area contributed by atoms with E-state index >= 15 is 0 Å². The van der Waals surface area contributed by atoms with Crippen molar-refractivity contribution in [2.45, 2.75) is 46.1 Å². The van der Waals surface area contributed by atoms with Gasteiger partial charge in [0, 0.05) is 17.4 Å². The standard InChI is InChI=1S/C14H21N3/c1-5-12-8-10(3)15-14(17-12)11(4)16-13-6-9(2)7-13/h8-9,13,16H,4-7H2,1-3H3. The molecule has 1 heterocycles. The molecule has 3 heteroatoms. The van der Waals surface area contributed by atoms with E-state index in [4.69, 9.17) is 0 Å². The van der Waals surface area contributed by atoms with Crippen LogP contribution < -0.4 is 5.32 Å². The average Bonchev–Trinajstić information content (AvgIpc) is 2.26. The first kappa shape index (κ1) is 12.1. The Hall–Kier alpha value is -1.38. The predicted octanol–water partition coefficient (Wildman–Crippen LogP) is 2.71. The first-order chi connectivity index (χ1) is 8.08. The van der Waals surface area contributed by atoms with Crippen LogP contribution in [0.4, 0.5) is 0 Å². The SMILES string of the molecule is C=C(NC1CC(C)C1)c1nc(C)cc(CC)n1. The number of aromatic nitrogens is 2. The molecule has 0 radical (unpaired) electrons. The monoisotopic (exact) mass is 231 g/mol. The minimum Gasteiger partial charge on any atom is -0.380 e. The summed E-state index contributed by atoms with van der Waals surface area (Å²) in [5.41, 5.74) is 2.95. The number of nitrogens with zero attached hydrogens (tertiary/aromatic N) is 2. The van der Waals surface area contributed by atoms with Crippen LogP contribution in [0.1, 0.15) is 43.9 Å². The summed E-state index contributed by atoms with van der Waals surface area (Å²) >= 11 is 0. The van der Waals surface area contributed by atoms with Crippen molar-refractivity contribution < 1.29 is 0 Å². The third-order valence-corrected chi connectivity index (χ3v) is 3.29. The van der Waals surface area contributed by atoms with E-state index in [0.29, 0.717) is 6.04 Å². The second-order valence-electron chi connectivity index (χ2n) is 5.07. The van der Waals surface area contributed by atoms with Gasteiger partial charge in [-0.1, -0.05) is 20.4 Å². The molecule has 1 N–H and O–H groups in total. The number of hydrogen-bond acceptors (Lipinski definition) is 3. The maximum atomic E-state index is 4.51. The molecule has 0 bridgehead atoms. The highest BCUT2D eigenvalue weighted by molar-refractivity contribution is 5.55. The van der Waals surface area contributed by atoms with Gasteiger partial charge in [-0.2, -0.15) is 0 Å². The fraction of sp³-hybridized carbons (Fsp3) is 0.571. The average molecular weight is 231 g/mol. The van der Waals surface area contributed by atoms with Crippen LogP contribution in [-0.4, -0.2) is 16.0 Å². The maximum absolute atomic E-state index is 4.51. The van der Waals surface area contributed by atoms with E-state index < -0.39 is 0 Å². The quantitative estimate of drug-likeness (QED) is 0.865. The van der Waals surface area contributed by atoms with Crippen molar-refractivity contribution >= 4 is 5.70 Å². The Bertz CT molecular complexity index is 419. The van der Waals surface area contributed by atoms with Gasteiger partial charge in [0.1, 0.15) is 0 Å². The summed E-state index contributed by atoms with van der Waals surface area (Å²) < 4.78 is 0. The number of hydrogen-bond donors (Lipinski definition) is 1. The smallest absolute Gasteiger partial charge is 0.175 e. The molecule has 1 saturated carbocycles. The molecule has 0 aromatic carbocycles. The molecule has 0 aliphatic heterocycles. The van der Waals surface area contributed by atoms with E-state index in [1.165, 1.54) is 12.8 Å². The molecular weight excluding hydrogens is 210 g/mol. The molecule has 0 spiro atoms. The fourth-order valence-corrected chi connectivity index (χ4v) is 2.28. The van der Waals surface area contributed by atoms with Crippen LogP contribution in [0.3, 0.4) is 0 Å². The van der Waals surface area contributed by atoms with E-state index in [0.717, 1.165) is 35.2 Å². The zero-order chi connectivity index (χ0) is 12.4. The first-order valence-corrected chi connectivity index (χ1v) is 6.39. The van der Waals surface area contributed by atoms with Crippen molar-refractivity contribution in [1.29, 1.82) is 0 Å². The van der Waals surface area contributed by atoms with E-state index in [1.54, 1.807) is 0 Å². The molecule has 1 aliphatic rings. The van der Waals surface area contributed by atoms with Crippen molar-refractivity contribution in [1.82, 2.24) is 15.3 Å². The van der Waals surface area contributed by atoms with Crippen LogP contribution in [-0.2, 0) is 6.42 Å². The largest absolute Gasteiger partial charge is 0.380 e. The number of rotatable bonds is 4. The zero-order valence-electron chi connectivity index (χ0n) is 11.0. The summed E-state index contributed by atoms with van der Waals surface area (Å²) in [6, 6.07) is 2.59. The Balaban J connectivity index is 2.05. The summed E-state index contributed by atoms with van der Waals surface area (Å²) in [6.07, 6.45) is 3.39. The van der Waals surface area contributed by atoms with Crippen LogP contribution in [0.15, 0.2) is 12.6 Å². The summed E-state index contributed by atoms with van der Waals surface area (Å²) in [6.45, 7) is 10.4. The van der Waals surface area contributed by atoms with Gasteiger partial charge in [-0.05, 0) is 38.2 Å². The molecule has 92 valence electrons. The summed E-state index contributed by atoms with van der Waals surface area (Å²) in [5, 5.41) is 3.42. The highest BCUT2D eigenvalue weighted by Gasteiger charge is 2.25. The summed E-state index contributed by atoms with van der Waals surface area (Å²) in [5.74, 6) is 1.59. The van der Waals surface area contributed by atoms with Crippen LogP contribution in [0.2, 0.25) is 0 Å². The molecule has 17 heavy (non-hydrogen) atoms. The van der Waals surface area contributed by atoms with Crippen molar-refractivity contribution in [3.63, 3.8) is 0 Å². The van der Waals surface area contributed by atoms with Gasteiger partial charge in [-0.15, -0.1) is 0 Å². The lowest BCUT2D eigenvalue weighted by Crippen LogP contribution is -2.39. The lowest BCUT2D eigenvalue weighted by molar-refractivity contribution is 0.264. The number of nitrogens with one attached hydrogen (secondary N) is 1. The Labute approximate surface area is 103 Å². The van der Waals surface area contributed by atoms with Gasteiger partial charge in [0.15, 0.2) is 5.82 Å². The van der Waals surface area contributed by atoms with Crippen molar-refractivity contribution in [3.8, 4) is 0 Å². The lowest BCUT2D eigenvalue weighted by Gasteiger charge is -2.34. The minimum absolute atomic E-state index is 0.562. The first-order valence-electron chi connectivity index (χ1n) is 6.39. The molecule has 1 aliphatic carbocycles. The fourth-order valence-electron chi connectivity index (χ4n) is 2.28. The van der Waals surface area contributed by atoms with Crippen molar-refractivity contribution in [3.05, 3.63) is 29.9 Å². The molecule has 0 saturated heterocycles. The highest BCUT2D eigenvalue weighted by Crippen LogP contribution is 2.27. The Kier molecular flexibility index (Phi) is 3.46. The molecule has 0 amide bonds. The topological polar surface area (TPSA) is 37.8 Å². The van der Waals surface area contributed by atoms with Gasteiger partial charge < -0.3 is 5.32 Å². The lowest BCUT2D eigenvalue weighted by atomic mass is 9.82.